The number of aryl methyl sites for hydroxylation is 3. The van der Waals surface area contributed by atoms with Crippen LogP contribution in [-0.4, -0.2) is 28.1 Å². The fourth-order valence-corrected chi connectivity index (χ4v) is 2.88. The summed E-state index contributed by atoms with van der Waals surface area (Å²) in [6.07, 6.45) is 0. The molecule has 0 aliphatic carbocycles. The van der Waals surface area contributed by atoms with Crippen LogP contribution in [0.3, 0.4) is 0 Å². The summed E-state index contributed by atoms with van der Waals surface area (Å²) in [6, 6.07) is 12.6. The number of hydrogen-bond acceptors (Lipinski definition) is 5. The van der Waals surface area contributed by atoms with E-state index in [1.807, 2.05) is 32.0 Å². The average molecular weight is 379 g/mol. The fraction of sp³-hybridized carbons (Fsp3) is 0.200. The van der Waals surface area contributed by atoms with Crippen LogP contribution in [0, 0.1) is 13.8 Å². The summed E-state index contributed by atoms with van der Waals surface area (Å²) >= 11 is 0. The Kier molecular flexibility index (Phi) is 5.39. The zero-order valence-corrected chi connectivity index (χ0v) is 15.9. The first-order valence-electron chi connectivity index (χ1n) is 8.73. The van der Waals surface area contributed by atoms with Gasteiger partial charge < -0.3 is 5.32 Å². The topological polar surface area (TPSA) is 105 Å². The molecule has 2 aromatic carbocycles. The van der Waals surface area contributed by atoms with E-state index < -0.39 is 11.8 Å². The zero-order chi connectivity index (χ0) is 20.3. The second-order valence-electron chi connectivity index (χ2n) is 6.50. The smallest absolute Gasteiger partial charge is 0.290 e. The molecule has 1 aromatic heterocycles. The number of aromatic nitrogens is 2. The van der Waals surface area contributed by atoms with Gasteiger partial charge >= 0.3 is 0 Å². The number of nitrogens with one attached hydrogen (secondary N) is 3. The van der Waals surface area contributed by atoms with Gasteiger partial charge in [0.25, 0.3) is 17.4 Å². The molecule has 0 saturated carbocycles. The predicted octanol–water partition coefficient (Wildman–Crippen LogP) is 1.42. The quantitative estimate of drug-likeness (QED) is 0.595. The van der Waals surface area contributed by atoms with Crippen LogP contribution < -0.4 is 21.7 Å². The van der Waals surface area contributed by atoms with Crippen molar-refractivity contribution in [2.24, 2.45) is 7.05 Å². The maximum atomic E-state index is 12.5. The molecule has 0 fully saturated rings. The predicted molar refractivity (Wildman–Crippen MR) is 107 cm³/mol. The highest BCUT2D eigenvalue weighted by atomic mass is 16.2. The van der Waals surface area contributed by atoms with E-state index in [1.54, 1.807) is 24.3 Å². The van der Waals surface area contributed by atoms with Crippen LogP contribution in [0.15, 0.2) is 47.3 Å². The number of fused-ring (bicyclic) bond motifs is 1. The molecular formula is C20H21N5O3. The van der Waals surface area contributed by atoms with Crippen LogP contribution in [0.2, 0.25) is 0 Å². The molecule has 144 valence electrons. The highest BCUT2D eigenvalue weighted by Gasteiger charge is 2.16. The van der Waals surface area contributed by atoms with E-state index in [1.165, 1.54) is 7.05 Å². The summed E-state index contributed by atoms with van der Waals surface area (Å²) in [5.74, 6) is -1.02. The molecule has 0 saturated heterocycles. The normalized spacial score (nSPS) is 10.5. The van der Waals surface area contributed by atoms with E-state index in [0.717, 1.165) is 21.5 Å². The Morgan fingerprint density at radius 2 is 1.75 bits per heavy atom. The van der Waals surface area contributed by atoms with E-state index in [0.29, 0.717) is 10.8 Å². The van der Waals surface area contributed by atoms with Crippen LogP contribution in [0.4, 0.5) is 5.69 Å². The van der Waals surface area contributed by atoms with E-state index >= 15 is 0 Å². The van der Waals surface area contributed by atoms with Gasteiger partial charge in [-0.1, -0.05) is 35.9 Å². The van der Waals surface area contributed by atoms with Crippen molar-refractivity contribution in [1.82, 2.24) is 20.6 Å². The Balaban J connectivity index is 1.66. The summed E-state index contributed by atoms with van der Waals surface area (Å²) in [7, 11) is 1.47. The van der Waals surface area contributed by atoms with Crippen molar-refractivity contribution in [3.8, 4) is 0 Å². The highest BCUT2D eigenvalue weighted by molar-refractivity contribution is 6.05. The standard InChI is InChI=1S/C20H21N5O3/c1-12-8-9-16(13(2)10-12)21-11-17(26)22-23-19(27)18-14-6-4-5-7-15(14)20(28)25(3)24-18/h4-10,21H,11H2,1-3H3,(H,22,26)(H,23,27). The van der Waals surface area contributed by atoms with Gasteiger partial charge in [-0.3, -0.25) is 25.2 Å². The average Bonchev–Trinajstić information content (AvgIpc) is 2.68. The van der Waals surface area contributed by atoms with Crippen molar-refractivity contribution in [2.75, 3.05) is 11.9 Å². The van der Waals surface area contributed by atoms with Gasteiger partial charge in [0.15, 0.2) is 5.69 Å². The molecule has 8 heteroatoms. The first-order chi connectivity index (χ1) is 13.4. The van der Waals surface area contributed by atoms with Crippen LogP contribution in [-0.2, 0) is 11.8 Å². The molecule has 8 nitrogen and oxygen atoms in total. The van der Waals surface area contributed by atoms with Crippen molar-refractivity contribution in [3.63, 3.8) is 0 Å². The number of hydrazine groups is 1. The Hall–Kier alpha value is -3.68. The zero-order valence-electron chi connectivity index (χ0n) is 15.9. The van der Waals surface area contributed by atoms with E-state index in [2.05, 4.69) is 21.3 Å². The Morgan fingerprint density at radius 3 is 2.46 bits per heavy atom. The van der Waals surface area contributed by atoms with Gasteiger partial charge in [0.05, 0.1) is 11.9 Å². The van der Waals surface area contributed by atoms with Crippen molar-refractivity contribution < 1.29 is 9.59 Å². The van der Waals surface area contributed by atoms with Crippen molar-refractivity contribution in [1.29, 1.82) is 0 Å². The number of amides is 2. The fourth-order valence-electron chi connectivity index (χ4n) is 2.88. The van der Waals surface area contributed by atoms with Crippen LogP contribution in [0.1, 0.15) is 21.6 Å². The molecule has 28 heavy (non-hydrogen) atoms. The molecule has 3 aromatic rings. The molecule has 0 radical (unpaired) electrons. The number of hydrogen-bond donors (Lipinski definition) is 3. The van der Waals surface area contributed by atoms with Gasteiger partial charge in [0, 0.05) is 18.1 Å². The number of nitrogens with zero attached hydrogens (tertiary/aromatic N) is 2. The van der Waals surface area contributed by atoms with Crippen LogP contribution in [0.25, 0.3) is 10.8 Å². The lowest BCUT2D eigenvalue weighted by Crippen LogP contribution is -2.45. The maximum absolute atomic E-state index is 12.5. The third-order valence-corrected chi connectivity index (χ3v) is 4.31. The van der Waals surface area contributed by atoms with Gasteiger partial charge in [-0.05, 0) is 31.5 Å². The lowest BCUT2D eigenvalue weighted by atomic mass is 10.1. The number of rotatable bonds is 4. The third kappa shape index (κ3) is 4.01. The molecule has 0 atom stereocenters. The van der Waals surface area contributed by atoms with Gasteiger partial charge in [-0.2, -0.15) is 5.10 Å². The largest absolute Gasteiger partial charge is 0.376 e. The lowest BCUT2D eigenvalue weighted by Gasteiger charge is -2.12. The van der Waals surface area contributed by atoms with Gasteiger partial charge in [0.2, 0.25) is 0 Å². The van der Waals surface area contributed by atoms with Gasteiger partial charge in [0.1, 0.15) is 0 Å². The first-order valence-corrected chi connectivity index (χ1v) is 8.73. The summed E-state index contributed by atoms with van der Waals surface area (Å²) in [5, 5.41) is 7.85. The number of carbonyl (C=O) groups is 2. The molecule has 3 N–H and O–H groups in total. The Labute approximate surface area is 161 Å². The molecule has 0 unspecified atom stereocenters. The minimum atomic E-state index is -0.605. The first kappa shape index (κ1) is 19.1. The molecule has 1 heterocycles. The molecule has 0 spiro atoms. The number of benzene rings is 2. The Morgan fingerprint density at radius 1 is 1.04 bits per heavy atom. The highest BCUT2D eigenvalue weighted by Crippen LogP contribution is 2.15. The van der Waals surface area contributed by atoms with E-state index in [9.17, 15) is 14.4 Å². The summed E-state index contributed by atoms with van der Waals surface area (Å²) in [6.45, 7) is 3.94. The Bertz CT molecular complexity index is 1120. The van der Waals surface area contributed by atoms with Crippen molar-refractivity contribution in [3.05, 3.63) is 69.6 Å². The van der Waals surface area contributed by atoms with E-state index in [4.69, 9.17) is 0 Å². The van der Waals surface area contributed by atoms with Crippen molar-refractivity contribution in [2.45, 2.75) is 13.8 Å². The summed E-state index contributed by atoms with van der Waals surface area (Å²) < 4.78 is 1.10. The van der Waals surface area contributed by atoms with Gasteiger partial charge in [-0.25, -0.2) is 4.68 Å². The number of anilines is 1. The molecule has 2 amide bonds. The molecular weight excluding hydrogens is 358 g/mol. The van der Waals surface area contributed by atoms with Crippen LogP contribution in [0.5, 0.6) is 0 Å². The molecule has 0 bridgehead atoms. The monoisotopic (exact) mass is 379 g/mol. The van der Waals surface area contributed by atoms with Gasteiger partial charge in [-0.15, -0.1) is 0 Å². The molecule has 0 aliphatic rings. The summed E-state index contributed by atoms with van der Waals surface area (Å²) in [4.78, 5) is 36.6. The molecule has 3 rings (SSSR count). The minimum Gasteiger partial charge on any atom is -0.376 e. The molecule has 0 aliphatic heterocycles. The summed E-state index contributed by atoms with van der Waals surface area (Å²) in [5.41, 5.74) is 7.46. The second kappa shape index (κ2) is 7.91. The minimum absolute atomic E-state index is 0.00830. The van der Waals surface area contributed by atoms with Crippen molar-refractivity contribution >= 4 is 28.3 Å². The lowest BCUT2D eigenvalue weighted by molar-refractivity contribution is -0.120. The SMILES string of the molecule is Cc1ccc(NCC(=O)NNC(=O)c2nn(C)c(=O)c3ccccc23)c(C)c1. The second-order valence-corrected chi connectivity index (χ2v) is 6.50. The maximum Gasteiger partial charge on any atom is 0.290 e. The van der Waals surface area contributed by atoms with Crippen LogP contribution >= 0.6 is 0 Å². The number of carbonyl (C=O) groups excluding carboxylic acids is 2. The van der Waals surface area contributed by atoms with E-state index in [-0.39, 0.29) is 17.8 Å². The third-order valence-electron chi connectivity index (χ3n) is 4.31.